The minimum atomic E-state index is -0.473. The summed E-state index contributed by atoms with van der Waals surface area (Å²) in [5.41, 5.74) is 1.01. The maximum atomic E-state index is 12.2. The second kappa shape index (κ2) is 5.15. The summed E-state index contributed by atoms with van der Waals surface area (Å²) in [5.74, 6) is 1.93. The number of nitrogens with zero attached hydrogens (tertiary/aromatic N) is 3. The Hall–Kier alpha value is -0.760. The predicted molar refractivity (Wildman–Crippen MR) is 90.1 cm³/mol. The number of halogens is 1. The fraction of sp³-hybridized carbons (Fsp3) is 0.308. The number of hydrogen-bond acceptors (Lipinski definition) is 6. The molecule has 1 atom stereocenters. The van der Waals surface area contributed by atoms with Crippen LogP contribution in [0.15, 0.2) is 30.3 Å². The van der Waals surface area contributed by atoms with Crippen molar-refractivity contribution in [2.45, 2.75) is 9.58 Å². The number of thioether (sulfide) groups is 2. The molecule has 108 valence electrons. The molecule has 4 rings (SSSR count). The van der Waals surface area contributed by atoms with Crippen LogP contribution in [0.4, 0.5) is 5.13 Å². The van der Waals surface area contributed by atoms with E-state index in [9.17, 15) is 4.79 Å². The topological polar surface area (TPSA) is 46.1 Å². The number of carbonyl (C=O) groups is 1. The van der Waals surface area contributed by atoms with Crippen molar-refractivity contribution in [2.24, 2.45) is 0 Å². The van der Waals surface area contributed by atoms with E-state index < -0.39 is 5.38 Å². The third kappa shape index (κ3) is 2.02. The standard InChI is InChI=1S/C13H10ClN3OS3/c14-9-11(18)17(13(9)19-6-7-20-13)12-16-15-10(21-12)8-4-2-1-3-5-8/h1-5,9H,6-7H2. The smallest absolute Gasteiger partial charge is 0.253 e. The molecular weight excluding hydrogens is 346 g/mol. The van der Waals surface area contributed by atoms with E-state index in [1.165, 1.54) is 11.3 Å². The Morgan fingerprint density at radius 2 is 1.90 bits per heavy atom. The van der Waals surface area contributed by atoms with Gasteiger partial charge in [0.25, 0.3) is 5.91 Å². The molecule has 0 aliphatic carbocycles. The summed E-state index contributed by atoms with van der Waals surface area (Å²) < 4.78 is -0.383. The summed E-state index contributed by atoms with van der Waals surface area (Å²) >= 11 is 11.1. The molecule has 0 radical (unpaired) electrons. The number of alkyl halides is 1. The Kier molecular flexibility index (Phi) is 3.40. The second-order valence-corrected chi connectivity index (χ2v) is 8.91. The molecule has 2 aliphatic rings. The van der Waals surface area contributed by atoms with Gasteiger partial charge >= 0.3 is 0 Å². The van der Waals surface area contributed by atoms with Crippen LogP contribution in [0, 0.1) is 0 Å². The summed E-state index contributed by atoms with van der Waals surface area (Å²) in [7, 11) is 0. The fourth-order valence-electron chi connectivity index (χ4n) is 2.39. The SMILES string of the molecule is O=C1C(Cl)C2(SCCS2)N1c1nnc(-c2ccccc2)s1. The summed E-state index contributed by atoms with van der Waals surface area (Å²) in [6.07, 6.45) is 0. The van der Waals surface area contributed by atoms with Gasteiger partial charge in [0.2, 0.25) is 5.13 Å². The Balaban J connectivity index is 1.68. The van der Waals surface area contributed by atoms with Crippen LogP contribution >= 0.6 is 46.5 Å². The summed E-state index contributed by atoms with van der Waals surface area (Å²) in [4.78, 5) is 13.9. The van der Waals surface area contributed by atoms with Crippen molar-refractivity contribution >= 4 is 57.5 Å². The van der Waals surface area contributed by atoms with Crippen LogP contribution in [-0.2, 0) is 4.79 Å². The van der Waals surface area contributed by atoms with Crippen LogP contribution < -0.4 is 4.90 Å². The van der Waals surface area contributed by atoms with Crippen LogP contribution in [0.5, 0.6) is 0 Å². The van der Waals surface area contributed by atoms with E-state index in [0.29, 0.717) is 5.13 Å². The average Bonchev–Trinajstić information content (AvgIpc) is 3.19. The first-order chi connectivity index (χ1) is 10.2. The Morgan fingerprint density at radius 3 is 2.62 bits per heavy atom. The summed E-state index contributed by atoms with van der Waals surface area (Å²) in [5, 5.41) is 9.41. The lowest BCUT2D eigenvalue weighted by molar-refractivity contribution is -0.122. The number of rotatable bonds is 2. The Labute approximate surface area is 139 Å². The Morgan fingerprint density at radius 1 is 1.19 bits per heavy atom. The van der Waals surface area contributed by atoms with Crippen LogP contribution in [0.2, 0.25) is 0 Å². The zero-order valence-corrected chi connectivity index (χ0v) is 13.9. The molecule has 0 saturated carbocycles. The summed E-state index contributed by atoms with van der Waals surface area (Å²) in [6.45, 7) is 0. The quantitative estimate of drug-likeness (QED) is 0.611. The van der Waals surface area contributed by atoms with Gasteiger partial charge in [-0.3, -0.25) is 9.69 Å². The highest BCUT2D eigenvalue weighted by molar-refractivity contribution is 8.21. The number of carbonyl (C=O) groups excluding carboxylic acids is 1. The highest BCUT2D eigenvalue weighted by atomic mass is 35.5. The zero-order valence-electron chi connectivity index (χ0n) is 10.7. The third-order valence-corrected chi connectivity index (χ3v) is 8.56. The molecule has 1 amide bonds. The van der Waals surface area contributed by atoms with Gasteiger partial charge in [-0.2, -0.15) is 0 Å². The van der Waals surface area contributed by atoms with Crippen molar-refractivity contribution in [3.63, 3.8) is 0 Å². The van der Waals surface area contributed by atoms with E-state index in [1.807, 2.05) is 30.3 Å². The van der Waals surface area contributed by atoms with Gasteiger partial charge in [0, 0.05) is 17.1 Å². The number of amides is 1. The largest absolute Gasteiger partial charge is 0.272 e. The van der Waals surface area contributed by atoms with Gasteiger partial charge in [-0.1, -0.05) is 41.7 Å². The molecule has 0 N–H and O–H groups in total. The molecule has 4 nitrogen and oxygen atoms in total. The molecule has 2 aromatic rings. The van der Waals surface area contributed by atoms with Crippen molar-refractivity contribution in [3.05, 3.63) is 30.3 Å². The first-order valence-corrected chi connectivity index (χ1v) is 9.60. The van der Waals surface area contributed by atoms with Gasteiger partial charge in [-0.15, -0.1) is 45.3 Å². The number of anilines is 1. The highest BCUT2D eigenvalue weighted by Crippen LogP contribution is 2.58. The minimum absolute atomic E-state index is 0.0747. The second-order valence-electron chi connectivity index (χ2n) is 4.62. The van der Waals surface area contributed by atoms with E-state index in [2.05, 4.69) is 10.2 Å². The monoisotopic (exact) mass is 355 g/mol. The average molecular weight is 356 g/mol. The van der Waals surface area contributed by atoms with Crippen molar-refractivity contribution in [2.75, 3.05) is 16.4 Å². The van der Waals surface area contributed by atoms with Crippen molar-refractivity contribution < 1.29 is 4.79 Å². The van der Waals surface area contributed by atoms with Gasteiger partial charge in [-0.25, -0.2) is 0 Å². The molecule has 2 aliphatic heterocycles. The number of aromatic nitrogens is 2. The van der Waals surface area contributed by atoms with Crippen molar-refractivity contribution in [1.82, 2.24) is 10.2 Å². The molecule has 0 bridgehead atoms. The molecule has 1 unspecified atom stereocenters. The van der Waals surface area contributed by atoms with Crippen LogP contribution in [-0.4, -0.2) is 37.2 Å². The highest BCUT2D eigenvalue weighted by Gasteiger charge is 2.64. The van der Waals surface area contributed by atoms with Gasteiger partial charge in [0.05, 0.1) is 0 Å². The molecule has 2 fully saturated rings. The molecule has 1 aromatic carbocycles. The zero-order chi connectivity index (χ0) is 14.4. The number of benzene rings is 1. The lowest BCUT2D eigenvalue weighted by Gasteiger charge is -2.49. The number of β-lactam (4-membered cyclic amide) rings is 1. The molecular formula is C13H10ClN3OS3. The van der Waals surface area contributed by atoms with Gasteiger partial charge in [-0.05, 0) is 0 Å². The maximum Gasteiger partial charge on any atom is 0.253 e. The minimum Gasteiger partial charge on any atom is -0.272 e. The van der Waals surface area contributed by atoms with Crippen LogP contribution in [0.25, 0.3) is 10.6 Å². The molecule has 3 heterocycles. The van der Waals surface area contributed by atoms with Crippen molar-refractivity contribution in [3.8, 4) is 10.6 Å². The third-order valence-electron chi connectivity index (χ3n) is 3.40. The molecule has 1 spiro atoms. The van der Waals surface area contributed by atoms with Gasteiger partial charge in [0.1, 0.15) is 5.01 Å². The van der Waals surface area contributed by atoms with E-state index >= 15 is 0 Å². The predicted octanol–water partition coefficient (Wildman–Crippen LogP) is 3.29. The first kappa shape index (κ1) is 13.9. The lowest BCUT2D eigenvalue weighted by Crippen LogP contribution is -2.68. The van der Waals surface area contributed by atoms with E-state index in [1.54, 1.807) is 28.4 Å². The fourth-order valence-corrected chi connectivity index (χ4v) is 7.19. The normalized spacial score (nSPS) is 23.6. The van der Waals surface area contributed by atoms with E-state index in [4.69, 9.17) is 11.6 Å². The lowest BCUT2D eigenvalue weighted by atomic mass is 10.2. The van der Waals surface area contributed by atoms with Gasteiger partial charge in [0.15, 0.2) is 9.58 Å². The Bertz CT molecular complexity index is 687. The first-order valence-electron chi connectivity index (χ1n) is 6.37. The number of hydrogen-bond donors (Lipinski definition) is 0. The molecule has 8 heteroatoms. The van der Waals surface area contributed by atoms with Crippen molar-refractivity contribution in [1.29, 1.82) is 0 Å². The molecule has 21 heavy (non-hydrogen) atoms. The van der Waals surface area contributed by atoms with Crippen LogP contribution in [0.1, 0.15) is 0 Å². The molecule has 1 aromatic heterocycles. The van der Waals surface area contributed by atoms with E-state index in [-0.39, 0.29) is 10.1 Å². The molecule has 2 saturated heterocycles. The van der Waals surface area contributed by atoms with Gasteiger partial charge < -0.3 is 0 Å². The van der Waals surface area contributed by atoms with Crippen LogP contribution in [0.3, 0.4) is 0 Å². The summed E-state index contributed by atoms with van der Waals surface area (Å²) in [6, 6.07) is 9.86. The maximum absolute atomic E-state index is 12.2. The van der Waals surface area contributed by atoms with E-state index in [0.717, 1.165) is 22.1 Å².